The number of aromatic nitrogens is 1. The highest BCUT2D eigenvalue weighted by Gasteiger charge is 2.30. The number of carbonyl (C=O) groups is 2. The summed E-state index contributed by atoms with van der Waals surface area (Å²) in [4.78, 5) is 27.0. The number of hydrogen-bond acceptors (Lipinski definition) is 6. The molecule has 2 N–H and O–H groups in total. The number of rotatable bonds is 9. The Morgan fingerprint density at radius 3 is 2.49 bits per heavy atom. The lowest BCUT2D eigenvalue weighted by atomic mass is 9.87. The molecule has 0 bridgehead atoms. The van der Waals surface area contributed by atoms with Crippen LogP contribution in [0.2, 0.25) is 0 Å². The molecule has 3 aromatic rings. The number of amides is 1. The van der Waals surface area contributed by atoms with Gasteiger partial charge in [0.05, 0.1) is 12.3 Å². The Labute approximate surface area is 206 Å². The number of aldehydes is 1. The quantitative estimate of drug-likeness (QED) is 0.348. The highest BCUT2D eigenvalue weighted by molar-refractivity contribution is 7.78. The highest BCUT2D eigenvalue weighted by atomic mass is 32.2. The maximum atomic E-state index is 12.2. The minimum Gasteiger partial charge on any atom is -0.772 e. The predicted molar refractivity (Wildman–Crippen MR) is 135 cm³/mol. The van der Waals surface area contributed by atoms with Crippen LogP contribution < -0.4 is 5.32 Å². The second-order valence-electron chi connectivity index (χ2n) is 8.51. The van der Waals surface area contributed by atoms with Crippen molar-refractivity contribution in [1.29, 1.82) is 0 Å². The predicted octanol–water partition coefficient (Wildman–Crippen LogP) is 3.85. The number of nitrogens with zero attached hydrogens (tertiary/aromatic N) is 2. The number of hydrogen-bond donors (Lipinski definition) is 2. The molecule has 1 amide bonds. The van der Waals surface area contributed by atoms with E-state index in [1.54, 1.807) is 30.5 Å². The molecule has 8 nitrogen and oxygen atoms in total. The van der Waals surface area contributed by atoms with Gasteiger partial charge in [0.2, 0.25) is 0 Å². The Hall–Kier alpha value is -3.56. The number of benzene rings is 2. The lowest BCUT2D eigenvalue weighted by molar-refractivity contribution is -0.113. The number of nitrogens with one attached hydrogen (secondary N) is 2. The number of carbonyl (C=O) groups excluding carboxylic acids is 2. The molecule has 0 saturated heterocycles. The van der Waals surface area contributed by atoms with Gasteiger partial charge in [0.15, 0.2) is 0 Å². The second kappa shape index (κ2) is 11.2. The number of hydrazone groups is 1. The molecule has 3 unspecified atom stereocenters. The molecule has 3 atom stereocenters. The van der Waals surface area contributed by atoms with Crippen molar-refractivity contribution in [3.63, 3.8) is 0 Å². The molecule has 2 aromatic carbocycles. The monoisotopic (exact) mass is 491 g/mol. The van der Waals surface area contributed by atoms with Crippen LogP contribution in [-0.2, 0) is 28.2 Å². The molecule has 0 spiro atoms. The van der Waals surface area contributed by atoms with Crippen molar-refractivity contribution in [1.82, 2.24) is 9.99 Å². The average molecular weight is 492 g/mol. The Balaban J connectivity index is 1.51. The summed E-state index contributed by atoms with van der Waals surface area (Å²) in [6, 6.07) is 18.0. The van der Waals surface area contributed by atoms with Crippen LogP contribution in [0.5, 0.6) is 0 Å². The molecule has 182 valence electrons. The van der Waals surface area contributed by atoms with E-state index in [1.165, 1.54) is 0 Å². The summed E-state index contributed by atoms with van der Waals surface area (Å²) in [6.07, 6.45) is 4.15. The zero-order chi connectivity index (χ0) is 24.8. The van der Waals surface area contributed by atoms with E-state index in [2.05, 4.69) is 17.2 Å². The van der Waals surface area contributed by atoms with Crippen molar-refractivity contribution >= 4 is 34.7 Å². The molecule has 9 heteroatoms. The van der Waals surface area contributed by atoms with Crippen LogP contribution in [0, 0.1) is 5.92 Å². The Morgan fingerprint density at radius 1 is 1.17 bits per heavy atom. The molecule has 0 aliphatic carbocycles. The van der Waals surface area contributed by atoms with E-state index in [4.69, 9.17) is 5.10 Å². The SMILES string of the molecule is CCC1CC(C=O)N(Cc2ccc(NC(=O)c3ccc[nH]3)cc2)N=C1c1ccc(CS(=O)[O-])cc1. The summed E-state index contributed by atoms with van der Waals surface area (Å²) in [7, 11) is 0. The fourth-order valence-electron chi connectivity index (χ4n) is 4.21. The Bertz CT molecular complexity index is 1210. The zero-order valence-corrected chi connectivity index (χ0v) is 20.2. The van der Waals surface area contributed by atoms with Gasteiger partial charge < -0.3 is 19.6 Å². The van der Waals surface area contributed by atoms with Crippen LogP contribution >= 0.6 is 0 Å². The maximum Gasteiger partial charge on any atom is 0.272 e. The number of anilines is 1. The summed E-state index contributed by atoms with van der Waals surface area (Å²) in [5.41, 5.74) is 4.66. The van der Waals surface area contributed by atoms with Gasteiger partial charge in [0.25, 0.3) is 5.91 Å². The summed E-state index contributed by atoms with van der Waals surface area (Å²) in [6.45, 7) is 2.52. The smallest absolute Gasteiger partial charge is 0.272 e. The summed E-state index contributed by atoms with van der Waals surface area (Å²) in [5.74, 6) is -0.108. The third-order valence-electron chi connectivity index (χ3n) is 6.11. The Kier molecular flexibility index (Phi) is 7.89. The molecule has 2 heterocycles. The fraction of sp³-hybridized carbons (Fsp3) is 0.269. The molecule has 0 fully saturated rings. The third-order valence-corrected chi connectivity index (χ3v) is 6.68. The largest absolute Gasteiger partial charge is 0.772 e. The van der Waals surface area contributed by atoms with E-state index in [9.17, 15) is 18.4 Å². The van der Waals surface area contributed by atoms with Gasteiger partial charge in [-0.05, 0) is 53.8 Å². The minimum absolute atomic E-state index is 0.0231. The van der Waals surface area contributed by atoms with Crippen molar-refractivity contribution < 1.29 is 18.4 Å². The lowest BCUT2D eigenvalue weighted by Crippen LogP contribution is -2.41. The average Bonchev–Trinajstić information content (AvgIpc) is 3.40. The normalized spacial score (nSPS) is 18.6. The molecular formula is C26H27N4O4S-. The molecule has 0 saturated carbocycles. The topological polar surface area (TPSA) is 118 Å². The maximum absolute atomic E-state index is 12.2. The van der Waals surface area contributed by atoms with Crippen molar-refractivity contribution in [2.75, 3.05) is 5.32 Å². The summed E-state index contributed by atoms with van der Waals surface area (Å²) >= 11 is -2.14. The molecule has 35 heavy (non-hydrogen) atoms. The van der Waals surface area contributed by atoms with Gasteiger partial charge in [-0.3, -0.25) is 14.0 Å². The van der Waals surface area contributed by atoms with Crippen molar-refractivity contribution in [2.24, 2.45) is 11.0 Å². The van der Waals surface area contributed by atoms with Gasteiger partial charge in [-0.25, -0.2) is 0 Å². The van der Waals surface area contributed by atoms with Crippen LogP contribution in [0.1, 0.15) is 46.9 Å². The first-order valence-electron chi connectivity index (χ1n) is 11.5. The summed E-state index contributed by atoms with van der Waals surface area (Å²) in [5, 5.41) is 9.52. The van der Waals surface area contributed by atoms with Gasteiger partial charge in [-0.15, -0.1) is 0 Å². The van der Waals surface area contributed by atoms with Crippen LogP contribution in [0.4, 0.5) is 5.69 Å². The van der Waals surface area contributed by atoms with Crippen LogP contribution in [-0.4, -0.2) is 42.7 Å². The van der Waals surface area contributed by atoms with Crippen molar-refractivity contribution in [2.45, 2.75) is 38.1 Å². The minimum atomic E-state index is -2.14. The first-order chi connectivity index (χ1) is 17.0. The van der Waals surface area contributed by atoms with E-state index in [1.807, 2.05) is 41.4 Å². The third kappa shape index (κ3) is 6.12. The Morgan fingerprint density at radius 2 is 1.89 bits per heavy atom. The van der Waals surface area contributed by atoms with E-state index in [-0.39, 0.29) is 23.6 Å². The first-order valence-corrected chi connectivity index (χ1v) is 12.7. The first kappa shape index (κ1) is 24.6. The van der Waals surface area contributed by atoms with Crippen LogP contribution in [0.15, 0.2) is 72.0 Å². The van der Waals surface area contributed by atoms with Crippen molar-refractivity contribution in [3.8, 4) is 0 Å². The van der Waals surface area contributed by atoms with E-state index in [0.29, 0.717) is 24.3 Å². The highest BCUT2D eigenvalue weighted by Crippen LogP contribution is 2.28. The number of aromatic amines is 1. The fourth-order valence-corrected chi connectivity index (χ4v) is 4.67. The van der Waals surface area contributed by atoms with E-state index in [0.717, 1.165) is 35.1 Å². The molecular weight excluding hydrogens is 464 g/mol. The molecule has 4 rings (SSSR count). The van der Waals surface area contributed by atoms with Crippen LogP contribution in [0.25, 0.3) is 0 Å². The van der Waals surface area contributed by atoms with Gasteiger partial charge in [0.1, 0.15) is 18.0 Å². The van der Waals surface area contributed by atoms with Gasteiger partial charge in [-0.1, -0.05) is 54.4 Å². The van der Waals surface area contributed by atoms with Crippen LogP contribution in [0.3, 0.4) is 0 Å². The standard InChI is InChI=1S/C26H28N4O4S/c1-2-20-14-23(16-31)30(29-25(20)21-9-5-19(6-10-21)17-35(33)34)15-18-7-11-22(12-8-18)28-26(32)24-4-3-13-27-24/h3-13,16,20,23,27H,2,14-15,17H2,1H3,(H,28,32)(H,33,34)/p-1. The van der Waals surface area contributed by atoms with Gasteiger partial charge >= 0.3 is 0 Å². The second-order valence-corrected chi connectivity index (χ2v) is 9.40. The van der Waals surface area contributed by atoms with E-state index < -0.39 is 11.1 Å². The van der Waals surface area contributed by atoms with Crippen molar-refractivity contribution in [3.05, 3.63) is 89.2 Å². The number of H-pyrrole nitrogens is 1. The van der Waals surface area contributed by atoms with E-state index >= 15 is 0 Å². The molecule has 1 aliphatic heterocycles. The van der Waals surface area contributed by atoms with Gasteiger partial charge in [-0.2, -0.15) is 5.10 Å². The molecule has 1 aromatic heterocycles. The molecule has 1 aliphatic rings. The zero-order valence-electron chi connectivity index (χ0n) is 19.3. The summed E-state index contributed by atoms with van der Waals surface area (Å²) < 4.78 is 22.0. The molecule has 0 radical (unpaired) electrons. The van der Waals surface area contributed by atoms with Gasteiger partial charge in [0, 0.05) is 23.6 Å². The lowest BCUT2D eigenvalue weighted by Gasteiger charge is -2.35.